The van der Waals surface area contributed by atoms with Gasteiger partial charge in [-0.15, -0.1) is 0 Å². The van der Waals surface area contributed by atoms with E-state index < -0.39 is 34.1 Å². The van der Waals surface area contributed by atoms with E-state index in [-0.39, 0.29) is 22.0 Å². The Morgan fingerprint density at radius 1 is 0.938 bits per heavy atom. The lowest BCUT2D eigenvalue weighted by molar-refractivity contribution is -0.114. The standard InChI is InChI=1S/C22H20F2N2O5S/c1-30-16-9-11-21(31-2)20(13-16)26(32(28,29)17-6-4-3-5-7-17)14-22(27)25-15-8-10-18(23)19(24)12-15/h3-13H,14H2,1-2H3,(H,25,27). The van der Waals surface area contributed by atoms with E-state index in [1.54, 1.807) is 24.3 Å². The Balaban J connectivity index is 2.03. The summed E-state index contributed by atoms with van der Waals surface area (Å²) < 4.78 is 64.9. The van der Waals surface area contributed by atoms with Crippen molar-refractivity contribution in [1.82, 2.24) is 0 Å². The summed E-state index contributed by atoms with van der Waals surface area (Å²) >= 11 is 0. The van der Waals surface area contributed by atoms with Crippen molar-refractivity contribution in [3.63, 3.8) is 0 Å². The number of hydrogen-bond donors (Lipinski definition) is 1. The summed E-state index contributed by atoms with van der Waals surface area (Å²) in [6, 6.07) is 14.9. The Morgan fingerprint density at radius 3 is 2.28 bits per heavy atom. The summed E-state index contributed by atoms with van der Waals surface area (Å²) in [4.78, 5) is 12.7. The zero-order valence-corrected chi connectivity index (χ0v) is 18.0. The van der Waals surface area contributed by atoms with Gasteiger partial charge >= 0.3 is 0 Å². The maximum atomic E-state index is 13.5. The van der Waals surface area contributed by atoms with Gasteiger partial charge in [0, 0.05) is 17.8 Å². The highest BCUT2D eigenvalue weighted by atomic mass is 32.2. The lowest BCUT2D eigenvalue weighted by Crippen LogP contribution is -2.38. The Hall–Kier alpha value is -3.66. The van der Waals surface area contributed by atoms with E-state index >= 15 is 0 Å². The average molecular weight is 462 g/mol. The Morgan fingerprint density at radius 2 is 1.66 bits per heavy atom. The van der Waals surface area contributed by atoms with Crippen LogP contribution < -0.4 is 19.1 Å². The first-order valence-electron chi connectivity index (χ1n) is 9.31. The highest BCUT2D eigenvalue weighted by Gasteiger charge is 2.30. The van der Waals surface area contributed by atoms with E-state index in [2.05, 4.69) is 5.32 Å². The number of sulfonamides is 1. The van der Waals surface area contributed by atoms with Crippen LogP contribution in [0.1, 0.15) is 0 Å². The predicted octanol–water partition coefficient (Wildman–Crippen LogP) is 3.82. The number of anilines is 2. The number of rotatable bonds is 8. The first kappa shape index (κ1) is 23.0. The second-order valence-electron chi connectivity index (χ2n) is 6.54. The molecule has 0 aliphatic carbocycles. The summed E-state index contributed by atoms with van der Waals surface area (Å²) in [5.74, 6) is -2.47. The molecule has 10 heteroatoms. The molecule has 0 fully saturated rings. The number of nitrogens with zero attached hydrogens (tertiary/aromatic N) is 1. The molecule has 32 heavy (non-hydrogen) atoms. The van der Waals surface area contributed by atoms with E-state index in [1.165, 1.54) is 44.6 Å². The van der Waals surface area contributed by atoms with Gasteiger partial charge in [0.1, 0.15) is 18.0 Å². The molecule has 0 spiro atoms. The summed E-state index contributed by atoms with van der Waals surface area (Å²) in [5, 5.41) is 2.38. The van der Waals surface area contributed by atoms with Crippen LogP contribution >= 0.6 is 0 Å². The zero-order chi connectivity index (χ0) is 23.3. The Labute approximate surface area is 184 Å². The van der Waals surface area contributed by atoms with Gasteiger partial charge < -0.3 is 14.8 Å². The van der Waals surface area contributed by atoms with Crippen molar-refractivity contribution >= 4 is 27.3 Å². The highest BCUT2D eigenvalue weighted by Crippen LogP contribution is 2.35. The third kappa shape index (κ3) is 4.97. The molecular formula is C22H20F2N2O5S. The summed E-state index contributed by atoms with van der Waals surface area (Å²) in [5.41, 5.74) is 0.0414. The molecule has 0 saturated heterocycles. The number of benzene rings is 3. The third-order valence-corrected chi connectivity index (χ3v) is 6.25. The third-order valence-electron chi connectivity index (χ3n) is 4.48. The van der Waals surface area contributed by atoms with Gasteiger partial charge in [-0.25, -0.2) is 17.2 Å². The molecule has 0 atom stereocenters. The molecule has 0 unspecified atom stereocenters. The smallest absolute Gasteiger partial charge is 0.264 e. The first-order chi connectivity index (χ1) is 15.3. The van der Waals surface area contributed by atoms with Crippen molar-refractivity contribution in [2.45, 2.75) is 4.90 Å². The fraction of sp³-hybridized carbons (Fsp3) is 0.136. The van der Waals surface area contributed by atoms with E-state index in [0.29, 0.717) is 5.75 Å². The van der Waals surface area contributed by atoms with Gasteiger partial charge in [0.2, 0.25) is 5.91 Å². The van der Waals surface area contributed by atoms with Crippen molar-refractivity contribution in [3.8, 4) is 11.5 Å². The molecule has 0 saturated carbocycles. The minimum atomic E-state index is -4.21. The van der Waals surface area contributed by atoms with Gasteiger partial charge in [-0.05, 0) is 36.4 Å². The predicted molar refractivity (Wildman–Crippen MR) is 116 cm³/mol. The number of nitrogens with one attached hydrogen (secondary N) is 1. The summed E-state index contributed by atoms with van der Waals surface area (Å²) in [6.07, 6.45) is 0. The van der Waals surface area contributed by atoms with Crippen molar-refractivity contribution in [2.24, 2.45) is 0 Å². The molecule has 3 rings (SSSR count). The van der Waals surface area contributed by atoms with E-state index in [0.717, 1.165) is 16.4 Å². The van der Waals surface area contributed by atoms with Gasteiger partial charge in [-0.2, -0.15) is 0 Å². The Bertz CT molecular complexity index is 1220. The fourth-order valence-corrected chi connectivity index (χ4v) is 4.36. The lowest BCUT2D eigenvalue weighted by Gasteiger charge is -2.26. The molecule has 1 amide bonds. The maximum Gasteiger partial charge on any atom is 0.264 e. The number of carbonyl (C=O) groups excluding carboxylic acids is 1. The van der Waals surface area contributed by atoms with Crippen LogP contribution in [0, 0.1) is 11.6 Å². The van der Waals surface area contributed by atoms with Gasteiger partial charge in [-0.1, -0.05) is 18.2 Å². The molecule has 0 aromatic heterocycles. The molecule has 1 N–H and O–H groups in total. The number of amides is 1. The van der Waals surface area contributed by atoms with Crippen LogP contribution in [-0.4, -0.2) is 35.1 Å². The van der Waals surface area contributed by atoms with Crippen molar-refractivity contribution < 1.29 is 31.5 Å². The van der Waals surface area contributed by atoms with Gasteiger partial charge in [0.05, 0.1) is 24.8 Å². The van der Waals surface area contributed by atoms with Crippen LogP contribution in [-0.2, 0) is 14.8 Å². The zero-order valence-electron chi connectivity index (χ0n) is 17.2. The van der Waals surface area contributed by atoms with Crippen LogP contribution in [0.15, 0.2) is 71.6 Å². The van der Waals surface area contributed by atoms with E-state index in [4.69, 9.17) is 9.47 Å². The quantitative estimate of drug-likeness (QED) is 0.550. The molecule has 7 nitrogen and oxygen atoms in total. The molecular weight excluding hydrogens is 442 g/mol. The first-order valence-corrected chi connectivity index (χ1v) is 10.7. The normalized spacial score (nSPS) is 11.0. The number of hydrogen-bond acceptors (Lipinski definition) is 5. The van der Waals surface area contributed by atoms with Crippen LogP contribution in [0.25, 0.3) is 0 Å². The number of ether oxygens (including phenoxy) is 2. The van der Waals surface area contributed by atoms with E-state index in [9.17, 15) is 22.0 Å². The molecule has 0 heterocycles. The Kier molecular flexibility index (Phi) is 6.94. The van der Waals surface area contributed by atoms with Crippen molar-refractivity contribution in [3.05, 3.63) is 78.4 Å². The fourth-order valence-electron chi connectivity index (χ4n) is 2.92. The number of halogens is 2. The topological polar surface area (TPSA) is 84.9 Å². The number of carbonyl (C=O) groups is 1. The lowest BCUT2D eigenvalue weighted by atomic mass is 10.2. The second-order valence-corrected chi connectivity index (χ2v) is 8.40. The monoisotopic (exact) mass is 462 g/mol. The van der Waals surface area contributed by atoms with Crippen molar-refractivity contribution in [1.29, 1.82) is 0 Å². The molecule has 0 aliphatic heterocycles. The van der Waals surface area contributed by atoms with Gasteiger partial charge in [0.25, 0.3) is 10.0 Å². The largest absolute Gasteiger partial charge is 0.497 e. The van der Waals surface area contributed by atoms with Crippen molar-refractivity contribution in [2.75, 3.05) is 30.4 Å². The summed E-state index contributed by atoms with van der Waals surface area (Å²) in [7, 11) is -1.44. The molecule has 3 aromatic carbocycles. The van der Waals surface area contributed by atoms with Crippen LogP contribution in [0.2, 0.25) is 0 Å². The minimum Gasteiger partial charge on any atom is -0.497 e. The van der Waals surface area contributed by atoms with E-state index in [1.807, 2.05) is 0 Å². The minimum absolute atomic E-state index is 0.0245. The SMILES string of the molecule is COc1ccc(OC)c(N(CC(=O)Nc2ccc(F)c(F)c2)S(=O)(=O)c2ccccc2)c1. The molecule has 0 bridgehead atoms. The molecule has 3 aromatic rings. The van der Waals surface area contributed by atoms with Gasteiger partial charge in [0.15, 0.2) is 11.6 Å². The van der Waals surface area contributed by atoms with Crippen LogP contribution in [0.4, 0.5) is 20.2 Å². The van der Waals surface area contributed by atoms with Gasteiger partial charge in [-0.3, -0.25) is 9.10 Å². The molecule has 168 valence electrons. The highest BCUT2D eigenvalue weighted by molar-refractivity contribution is 7.92. The summed E-state index contributed by atoms with van der Waals surface area (Å²) in [6.45, 7) is -0.667. The average Bonchev–Trinajstić information content (AvgIpc) is 2.80. The maximum absolute atomic E-state index is 13.5. The second kappa shape index (κ2) is 9.65. The molecule has 0 radical (unpaired) electrons. The van der Waals surface area contributed by atoms with Crippen LogP contribution in [0.3, 0.4) is 0 Å². The van der Waals surface area contributed by atoms with Crippen LogP contribution in [0.5, 0.6) is 11.5 Å². The molecule has 0 aliphatic rings. The number of methoxy groups -OCH3 is 2.